The minimum atomic E-state index is -0.795. The van der Waals surface area contributed by atoms with E-state index in [-0.39, 0.29) is 6.10 Å². The monoisotopic (exact) mass is 263 g/mol. The highest BCUT2D eigenvalue weighted by Gasteiger charge is 2.32. The second kappa shape index (κ2) is 5.51. The molecule has 1 fully saturated rings. The van der Waals surface area contributed by atoms with Crippen molar-refractivity contribution in [3.05, 3.63) is 29.8 Å². The fourth-order valence-corrected chi connectivity index (χ4v) is 2.38. The van der Waals surface area contributed by atoms with Crippen molar-refractivity contribution in [2.24, 2.45) is 0 Å². The van der Waals surface area contributed by atoms with Crippen molar-refractivity contribution in [2.75, 3.05) is 24.6 Å². The Hall–Kier alpha value is -1.06. The molecular weight excluding hydrogens is 238 g/mol. The van der Waals surface area contributed by atoms with Gasteiger partial charge in [0.05, 0.1) is 12.2 Å². The van der Waals surface area contributed by atoms with E-state index < -0.39 is 5.60 Å². The summed E-state index contributed by atoms with van der Waals surface area (Å²) in [5, 5.41) is 10.1. The normalized spacial score (nSPS) is 20.9. The van der Waals surface area contributed by atoms with Crippen LogP contribution in [-0.2, 0) is 4.74 Å². The van der Waals surface area contributed by atoms with Crippen molar-refractivity contribution in [1.82, 2.24) is 0 Å². The molecule has 1 unspecified atom stereocenters. The number of hydrogen-bond donors (Lipinski definition) is 1. The maximum absolute atomic E-state index is 10.1. The smallest absolute Gasteiger partial charge is 0.103 e. The first-order chi connectivity index (χ1) is 8.88. The fraction of sp³-hybridized carbons (Fsp3) is 0.625. The van der Waals surface area contributed by atoms with Crippen LogP contribution in [-0.4, -0.2) is 36.5 Å². The minimum absolute atomic E-state index is 0.133. The molecule has 1 heterocycles. The van der Waals surface area contributed by atoms with E-state index in [0.29, 0.717) is 12.5 Å². The summed E-state index contributed by atoms with van der Waals surface area (Å²) in [6.45, 7) is 10.3. The van der Waals surface area contributed by atoms with E-state index in [1.54, 1.807) is 0 Å². The number of anilines is 1. The number of benzene rings is 1. The molecule has 1 aliphatic heterocycles. The second-order valence-electron chi connectivity index (χ2n) is 6.21. The predicted molar refractivity (Wildman–Crippen MR) is 78.8 cm³/mol. The van der Waals surface area contributed by atoms with Crippen LogP contribution in [0.15, 0.2) is 24.3 Å². The van der Waals surface area contributed by atoms with Crippen molar-refractivity contribution >= 4 is 5.69 Å². The number of aliphatic hydroxyl groups is 1. The molecule has 106 valence electrons. The fourth-order valence-electron chi connectivity index (χ4n) is 2.38. The highest BCUT2D eigenvalue weighted by atomic mass is 16.5. The molecule has 0 radical (unpaired) electrons. The van der Waals surface area contributed by atoms with Crippen LogP contribution >= 0.6 is 0 Å². The lowest BCUT2D eigenvalue weighted by atomic mass is 9.99. The third-order valence-electron chi connectivity index (χ3n) is 3.78. The van der Waals surface area contributed by atoms with Crippen molar-refractivity contribution in [2.45, 2.75) is 45.3 Å². The zero-order chi connectivity index (χ0) is 14.0. The van der Waals surface area contributed by atoms with Gasteiger partial charge in [-0.25, -0.2) is 0 Å². The topological polar surface area (TPSA) is 32.7 Å². The van der Waals surface area contributed by atoms with Crippen molar-refractivity contribution in [1.29, 1.82) is 0 Å². The molecule has 0 aromatic heterocycles. The molecule has 2 rings (SSSR count). The van der Waals surface area contributed by atoms with Crippen LogP contribution in [0.25, 0.3) is 0 Å². The summed E-state index contributed by atoms with van der Waals surface area (Å²) in [5.74, 6) is 0.558. The van der Waals surface area contributed by atoms with Gasteiger partial charge in [0.2, 0.25) is 0 Å². The summed E-state index contributed by atoms with van der Waals surface area (Å²) in [5.41, 5.74) is 1.77. The standard InChI is InChI=1S/C16H25NO2/c1-12(2)13-5-7-14(8-6-13)17-9-10-19-15(11-17)16(3,4)18/h5-8,12,15,18H,9-11H2,1-4H3. The summed E-state index contributed by atoms with van der Waals surface area (Å²) < 4.78 is 5.66. The number of rotatable bonds is 3. The van der Waals surface area contributed by atoms with Gasteiger partial charge in [0, 0.05) is 18.8 Å². The first-order valence-corrected chi connectivity index (χ1v) is 7.07. The van der Waals surface area contributed by atoms with E-state index in [0.717, 1.165) is 13.1 Å². The zero-order valence-electron chi connectivity index (χ0n) is 12.4. The van der Waals surface area contributed by atoms with Crippen LogP contribution < -0.4 is 4.90 Å². The summed E-state index contributed by atoms with van der Waals surface area (Å²) in [6, 6.07) is 8.72. The molecule has 1 atom stereocenters. The minimum Gasteiger partial charge on any atom is -0.388 e. The van der Waals surface area contributed by atoms with Gasteiger partial charge in [-0.2, -0.15) is 0 Å². The number of ether oxygens (including phenoxy) is 1. The van der Waals surface area contributed by atoms with Crippen molar-refractivity contribution < 1.29 is 9.84 Å². The summed E-state index contributed by atoms with van der Waals surface area (Å²) >= 11 is 0. The molecule has 19 heavy (non-hydrogen) atoms. The van der Waals surface area contributed by atoms with Gasteiger partial charge in [-0.15, -0.1) is 0 Å². The molecule has 1 N–H and O–H groups in total. The number of hydrogen-bond acceptors (Lipinski definition) is 3. The Morgan fingerprint density at radius 2 is 1.89 bits per heavy atom. The lowest BCUT2D eigenvalue weighted by molar-refractivity contribution is -0.0927. The molecule has 0 saturated carbocycles. The van der Waals surface area contributed by atoms with Crippen LogP contribution in [0.4, 0.5) is 5.69 Å². The molecule has 0 aliphatic carbocycles. The molecule has 0 amide bonds. The third kappa shape index (κ3) is 3.48. The molecule has 1 aromatic carbocycles. The van der Waals surface area contributed by atoms with Gasteiger partial charge in [-0.05, 0) is 37.5 Å². The van der Waals surface area contributed by atoms with E-state index in [2.05, 4.69) is 43.0 Å². The quantitative estimate of drug-likeness (QED) is 0.910. The maximum Gasteiger partial charge on any atom is 0.103 e. The Kier molecular flexibility index (Phi) is 4.16. The Labute approximate surface area is 116 Å². The molecule has 3 nitrogen and oxygen atoms in total. The van der Waals surface area contributed by atoms with Gasteiger partial charge in [0.15, 0.2) is 0 Å². The largest absolute Gasteiger partial charge is 0.388 e. The molecule has 0 spiro atoms. The van der Waals surface area contributed by atoms with Crippen LogP contribution in [0.3, 0.4) is 0 Å². The van der Waals surface area contributed by atoms with Crippen molar-refractivity contribution in [3.8, 4) is 0 Å². The van der Waals surface area contributed by atoms with Crippen LogP contribution in [0, 0.1) is 0 Å². The highest BCUT2D eigenvalue weighted by Crippen LogP contribution is 2.24. The summed E-state index contributed by atoms with van der Waals surface area (Å²) in [4.78, 5) is 2.29. The van der Waals surface area contributed by atoms with E-state index in [4.69, 9.17) is 4.74 Å². The van der Waals surface area contributed by atoms with Gasteiger partial charge >= 0.3 is 0 Å². The van der Waals surface area contributed by atoms with E-state index in [1.807, 2.05) is 13.8 Å². The Balaban J connectivity index is 2.09. The lowest BCUT2D eigenvalue weighted by Crippen LogP contribution is -2.52. The predicted octanol–water partition coefficient (Wildman–Crippen LogP) is 2.79. The third-order valence-corrected chi connectivity index (χ3v) is 3.78. The van der Waals surface area contributed by atoms with Crippen LogP contribution in [0.1, 0.15) is 39.2 Å². The molecule has 0 bridgehead atoms. The summed E-state index contributed by atoms with van der Waals surface area (Å²) in [6.07, 6.45) is -0.133. The van der Waals surface area contributed by atoms with Gasteiger partial charge in [-0.1, -0.05) is 26.0 Å². The van der Waals surface area contributed by atoms with Gasteiger partial charge in [0.1, 0.15) is 6.10 Å². The Bertz CT molecular complexity index is 406. The number of morpholine rings is 1. The van der Waals surface area contributed by atoms with Crippen LogP contribution in [0.5, 0.6) is 0 Å². The van der Waals surface area contributed by atoms with Gasteiger partial charge in [0.25, 0.3) is 0 Å². The highest BCUT2D eigenvalue weighted by molar-refractivity contribution is 5.48. The van der Waals surface area contributed by atoms with Crippen molar-refractivity contribution in [3.63, 3.8) is 0 Å². The average molecular weight is 263 g/mol. The molecule has 1 saturated heterocycles. The van der Waals surface area contributed by atoms with Crippen LogP contribution in [0.2, 0.25) is 0 Å². The van der Waals surface area contributed by atoms with E-state index >= 15 is 0 Å². The van der Waals surface area contributed by atoms with E-state index in [1.165, 1.54) is 11.3 Å². The first kappa shape index (κ1) is 14.4. The van der Waals surface area contributed by atoms with Gasteiger partial charge < -0.3 is 14.7 Å². The van der Waals surface area contributed by atoms with E-state index in [9.17, 15) is 5.11 Å². The molecule has 1 aromatic rings. The average Bonchev–Trinajstić information content (AvgIpc) is 2.38. The lowest BCUT2D eigenvalue weighted by Gasteiger charge is -2.39. The number of nitrogens with zero attached hydrogens (tertiary/aromatic N) is 1. The Morgan fingerprint density at radius 3 is 2.42 bits per heavy atom. The first-order valence-electron chi connectivity index (χ1n) is 7.07. The van der Waals surface area contributed by atoms with Gasteiger partial charge in [-0.3, -0.25) is 0 Å². The maximum atomic E-state index is 10.1. The Morgan fingerprint density at radius 1 is 1.26 bits per heavy atom. The molecule has 3 heteroatoms. The molecule has 1 aliphatic rings. The zero-order valence-corrected chi connectivity index (χ0v) is 12.4. The molecular formula is C16H25NO2. The SMILES string of the molecule is CC(C)c1ccc(N2CCOC(C(C)(C)O)C2)cc1. The second-order valence-corrected chi connectivity index (χ2v) is 6.21. The summed E-state index contributed by atoms with van der Waals surface area (Å²) in [7, 11) is 0.